The average molecular weight is 409 g/mol. The fraction of sp³-hybridized carbons (Fsp3) is 0.471. The lowest BCUT2D eigenvalue weighted by atomic mass is 10.2. The maximum atomic E-state index is 12.3. The van der Waals surface area contributed by atoms with Crippen molar-refractivity contribution in [1.82, 2.24) is 10.2 Å². The van der Waals surface area contributed by atoms with E-state index in [9.17, 15) is 4.79 Å². The van der Waals surface area contributed by atoms with E-state index in [0.717, 1.165) is 29.0 Å². The van der Waals surface area contributed by atoms with E-state index < -0.39 is 0 Å². The summed E-state index contributed by atoms with van der Waals surface area (Å²) < 4.78 is 17.4. The average Bonchev–Trinajstić information content (AvgIpc) is 3.05. The summed E-state index contributed by atoms with van der Waals surface area (Å²) in [6.07, 6.45) is 0.849. The molecule has 2 aliphatic heterocycles. The standard InChI is InChI=1S/C17H20N4O4S2/c22-15(18-12-2-3-13-14(10-12)25-7-1-6-24-13)11-26-17-20-19-16(27-17)21-4-8-23-9-5-21/h2-3,10H,1,4-9,11H2,(H,18,22). The van der Waals surface area contributed by atoms with Crippen molar-refractivity contribution in [2.24, 2.45) is 0 Å². The van der Waals surface area contributed by atoms with E-state index in [1.165, 1.54) is 23.1 Å². The molecule has 144 valence electrons. The zero-order chi connectivity index (χ0) is 18.5. The van der Waals surface area contributed by atoms with E-state index in [4.69, 9.17) is 14.2 Å². The number of aromatic nitrogens is 2. The van der Waals surface area contributed by atoms with Crippen LogP contribution in [0.4, 0.5) is 10.8 Å². The van der Waals surface area contributed by atoms with Gasteiger partial charge in [0.15, 0.2) is 15.8 Å². The number of amides is 1. The predicted molar refractivity (Wildman–Crippen MR) is 104 cm³/mol. The third-order valence-corrected chi connectivity index (χ3v) is 6.15. The molecule has 4 rings (SSSR count). The molecule has 27 heavy (non-hydrogen) atoms. The Hall–Kier alpha value is -2.04. The van der Waals surface area contributed by atoms with Crippen LogP contribution < -0.4 is 19.7 Å². The largest absolute Gasteiger partial charge is 0.490 e. The highest BCUT2D eigenvalue weighted by molar-refractivity contribution is 8.01. The second-order valence-electron chi connectivity index (χ2n) is 6.00. The van der Waals surface area contributed by atoms with Crippen LogP contribution in [0.25, 0.3) is 0 Å². The summed E-state index contributed by atoms with van der Waals surface area (Å²) in [4.78, 5) is 14.4. The van der Waals surface area contributed by atoms with Crippen LogP contribution in [-0.2, 0) is 9.53 Å². The summed E-state index contributed by atoms with van der Waals surface area (Å²) in [5.74, 6) is 1.55. The number of rotatable bonds is 5. The molecule has 0 saturated carbocycles. The van der Waals surface area contributed by atoms with Crippen molar-refractivity contribution in [3.63, 3.8) is 0 Å². The Labute approximate surface area is 165 Å². The topological polar surface area (TPSA) is 85.8 Å². The molecule has 1 N–H and O–H groups in total. The Kier molecular flexibility index (Phi) is 5.95. The van der Waals surface area contributed by atoms with Crippen LogP contribution in [0.1, 0.15) is 6.42 Å². The molecule has 2 aliphatic rings. The van der Waals surface area contributed by atoms with Crippen molar-refractivity contribution in [1.29, 1.82) is 0 Å². The summed E-state index contributed by atoms with van der Waals surface area (Å²) >= 11 is 2.89. The van der Waals surface area contributed by atoms with Crippen molar-refractivity contribution in [3.05, 3.63) is 18.2 Å². The van der Waals surface area contributed by atoms with E-state index in [1.807, 2.05) is 12.1 Å². The molecule has 0 bridgehead atoms. The number of fused-ring (bicyclic) bond motifs is 1. The van der Waals surface area contributed by atoms with Gasteiger partial charge in [-0.25, -0.2) is 0 Å². The van der Waals surface area contributed by atoms with Gasteiger partial charge in [-0.1, -0.05) is 23.1 Å². The summed E-state index contributed by atoms with van der Waals surface area (Å²) in [6.45, 7) is 4.32. The van der Waals surface area contributed by atoms with Gasteiger partial charge in [0.25, 0.3) is 0 Å². The zero-order valence-electron chi connectivity index (χ0n) is 14.7. The molecule has 1 amide bonds. The number of anilines is 2. The second kappa shape index (κ2) is 8.77. The molecule has 1 aromatic heterocycles. The second-order valence-corrected chi connectivity index (χ2v) is 8.18. The van der Waals surface area contributed by atoms with Crippen molar-refractivity contribution in [3.8, 4) is 11.5 Å². The first-order chi connectivity index (χ1) is 13.3. The minimum absolute atomic E-state index is 0.0994. The number of benzene rings is 1. The Bertz CT molecular complexity index is 795. The third-order valence-electron chi connectivity index (χ3n) is 4.04. The van der Waals surface area contributed by atoms with Crippen molar-refractivity contribution < 1.29 is 19.0 Å². The van der Waals surface area contributed by atoms with Crippen molar-refractivity contribution >= 4 is 39.8 Å². The molecule has 0 spiro atoms. The molecule has 1 aromatic carbocycles. The highest BCUT2D eigenvalue weighted by Crippen LogP contribution is 2.32. The smallest absolute Gasteiger partial charge is 0.234 e. The molecule has 0 aliphatic carbocycles. The van der Waals surface area contributed by atoms with E-state index in [2.05, 4.69) is 20.4 Å². The summed E-state index contributed by atoms with van der Waals surface area (Å²) in [5.41, 5.74) is 0.691. The number of nitrogens with zero attached hydrogens (tertiary/aromatic N) is 3. The maximum Gasteiger partial charge on any atom is 0.234 e. The number of hydrogen-bond acceptors (Lipinski definition) is 9. The third kappa shape index (κ3) is 4.82. The fourth-order valence-corrected chi connectivity index (χ4v) is 4.40. The Morgan fingerprint density at radius 2 is 1.96 bits per heavy atom. The summed E-state index contributed by atoms with van der Waals surface area (Å²) in [6, 6.07) is 5.44. The number of carbonyl (C=O) groups is 1. The zero-order valence-corrected chi connectivity index (χ0v) is 16.3. The fourth-order valence-electron chi connectivity index (χ4n) is 2.71. The lowest BCUT2D eigenvalue weighted by Crippen LogP contribution is -2.36. The first-order valence-electron chi connectivity index (χ1n) is 8.76. The van der Waals surface area contributed by atoms with Gasteiger partial charge in [-0.2, -0.15) is 0 Å². The molecule has 1 saturated heterocycles. The lowest BCUT2D eigenvalue weighted by Gasteiger charge is -2.25. The van der Waals surface area contributed by atoms with E-state index in [1.54, 1.807) is 6.07 Å². The molecular weight excluding hydrogens is 388 g/mol. The van der Waals surface area contributed by atoms with E-state index in [-0.39, 0.29) is 11.7 Å². The van der Waals surface area contributed by atoms with Gasteiger partial charge in [-0.15, -0.1) is 10.2 Å². The van der Waals surface area contributed by atoms with Gasteiger partial charge in [0, 0.05) is 31.3 Å². The van der Waals surface area contributed by atoms with Crippen LogP contribution in [-0.4, -0.2) is 61.4 Å². The first-order valence-corrected chi connectivity index (χ1v) is 10.6. The first kappa shape index (κ1) is 18.3. The molecule has 3 heterocycles. The van der Waals surface area contributed by atoms with E-state index in [0.29, 0.717) is 43.6 Å². The molecule has 10 heteroatoms. The normalized spacial score (nSPS) is 16.7. The van der Waals surface area contributed by atoms with Gasteiger partial charge in [0.2, 0.25) is 11.0 Å². The van der Waals surface area contributed by atoms with Gasteiger partial charge in [0.1, 0.15) is 0 Å². The van der Waals surface area contributed by atoms with Crippen LogP contribution in [0.3, 0.4) is 0 Å². The molecule has 8 nitrogen and oxygen atoms in total. The Balaban J connectivity index is 1.30. The van der Waals surface area contributed by atoms with Gasteiger partial charge in [-0.05, 0) is 12.1 Å². The van der Waals surface area contributed by atoms with E-state index >= 15 is 0 Å². The molecule has 0 radical (unpaired) electrons. The van der Waals surface area contributed by atoms with Crippen molar-refractivity contribution in [2.75, 3.05) is 55.5 Å². The monoisotopic (exact) mass is 408 g/mol. The Morgan fingerprint density at radius 3 is 2.81 bits per heavy atom. The quantitative estimate of drug-likeness (QED) is 0.754. The van der Waals surface area contributed by atoms with Crippen LogP contribution in [0.5, 0.6) is 11.5 Å². The SMILES string of the molecule is O=C(CSc1nnc(N2CCOCC2)s1)Nc1ccc2c(c1)OCCCO2. The molecule has 0 atom stereocenters. The summed E-state index contributed by atoms with van der Waals surface area (Å²) in [7, 11) is 0. The van der Waals surface area contributed by atoms with Gasteiger partial charge in [0.05, 0.1) is 32.2 Å². The molecule has 2 aromatic rings. The van der Waals surface area contributed by atoms with Crippen molar-refractivity contribution in [2.45, 2.75) is 10.8 Å². The number of ether oxygens (including phenoxy) is 3. The highest BCUT2D eigenvalue weighted by Gasteiger charge is 2.17. The van der Waals surface area contributed by atoms with Crippen LogP contribution in [0.2, 0.25) is 0 Å². The number of hydrogen-bond donors (Lipinski definition) is 1. The van der Waals surface area contributed by atoms with Gasteiger partial charge in [-0.3, -0.25) is 4.79 Å². The van der Waals surface area contributed by atoms with Gasteiger partial charge < -0.3 is 24.4 Å². The minimum atomic E-state index is -0.0994. The number of nitrogens with one attached hydrogen (secondary N) is 1. The predicted octanol–water partition coefficient (Wildman–Crippen LogP) is 2.27. The van der Waals surface area contributed by atoms with Crippen LogP contribution in [0, 0.1) is 0 Å². The highest BCUT2D eigenvalue weighted by atomic mass is 32.2. The molecule has 0 unspecified atom stereocenters. The van der Waals surface area contributed by atoms with Crippen LogP contribution >= 0.6 is 23.1 Å². The molecule has 1 fully saturated rings. The minimum Gasteiger partial charge on any atom is -0.490 e. The number of carbonyl (C=O) groups excluding carboxylic acids is 1. The maximum absolute atomic E-state index is 12.3. The Morgan fingerprint density at radius 1 is 1.15 bits per heavy atom. The summed E-state index contributed by atoms with van der Waals surface area (Å²) in [5, 5.41) is 12.2. The lowest BCUT2D eigenvalue weighted by molar-refractivity contribution is -0.113. The number of thioether (sulfide) groups is 1. The van der Waals surface area contributed by atoms with Gasteiger partial charge >= 0.3 is 0 Å². The molecular formula is C17H20N4O4S2. The van der Waals surface area contributed by atoms with Crippen LogP contribution in [0.15, 0.2) is 22.5 Å². The number of morpholine rings is 1.